The van der Waals surface area contributed by atoms with Crippen molar-refractivity contribution in [2.75, 3.05) is 12.4 Å². The molecule has 0 atom stereocenters. The molecule has 4 aromatic heterocycles. The van der Waals surface area contributed by atoms with E-state index in [0.717, 1.165) is 36.8 Å². The summed E-state index contributed by atoms with van der Waals surface area (Å²) in [6, 6.07) is 5.68. The van der Waals surface area contributed by atoms with Crippen LogP contribution in [0.5, 0.6) is 0 Å². The van der Waals surface area contributed by atoms with E-state index < -0.39 is 13.0 Å². The molecule has 0 spiro atoms. The van der Waals surface area contributed by atoms with Crippen molar-refractivity contribution in [2.24, 2.45) is 5.92 Å². The summed E-state index contributed by atoms with van der Waals surface area (Å²) in [5.41, 5.74) is 3.19. The standard InChI is InChI=1S/C23H25F2N7O2/c1-13-27-18-8-7-17(29-21(18)31(13)12-20(24)25)16-9-10-32-19(16)11-26-23(30-32)28-15-5-3-14(4-6-15)22(33)34-2/h7-11,14-15,20H,3-6,12H2,1-2H3,(H,28,30)/t14-,15+. The van der Waals surface area contributed by atoms with Gasteiger partial charge in [-0.05, 0) is 50.8 Å². The van der Waals surface area contributed by atoms with Gasteiger partial charge in [-0.2, -0.15) is 0 Å². The van der Waals surface area contributed by atoms with Crippen molar-refractivity contribution >= 4 is 28.6 Å². The minimum atomic E-state index is -2.49. The number of carbonyl (C=O) groups excluding carboxylic acids is 1. The van der Waals surface area contributed by atoms with Crippen LogP contribution in [0.1, 0.15) is 31.5 Å². The lowest BCUT2D eigenvalue weighted by Gasteiger charge is -2.27. The van der Waals surface area contributed by atoms with E-state index in [9.17, 15) is 13.6 Å². The number of fused-ring (bicyclic) bond motifs is 2. The third kappa shape index (κ3) is 4.17. The molecule has 11 heteroatoms. The Labute approximate surface area is 194 Å². The van der Waals surface area contributed by atoms with E-state index >= 15 is 0 Å². The first kappa shape index (κ1) is 22.2. The number of ether oxygens (including phenoxy) is 1. The van der Waals surface area contributed by atoms with Gasteiger partial charge in [0.25, 0.3) is 6.43 Å². The second kappa shape index (κ2) is 8.96. The van der Waals surface area contributed by atoms with Crippen LogP contribution >= 0.6 is 0 Å². The van der Waals surface area contributed by atoms with Crippen LogP contribution in [0, 0.1) is 12.8 Å². The molecule has 1 N–H and O–H groups in total. The lowest BCUT2D eigenvalue weighted by molar-refractivity contribution is -0.146. The molecular weight excluding hydrogens is 444 g/mol. The first-order valence-electron chi connectivity index (χ1n) is 11.2. The zero-order chi connectivity index (χ0) is 23.8. The number of halogens is 2. The molecule has 0 bridgehead atoms. The van der Waals surface area contributed by atoms with Gasteiger partial charge in [-0.3, -0.25) is 4.79 Å². The molecule has 0 radical (unpaired) electrons. The third-order valence-electron chi connectivity index (χ3n) is 6.39. The second-order valence-corrected chi connectivity index (χ2v) is 8.56. The number of aryl methyl sites for hydroxylation is 1. The number of aromatic nitrogens is 6. The van der Waals surface area contributed by atoms with Crippen molar-refractivity contribution in [1.82, 2.24) is 29.1 Å². The summed E-state index contributed by atoms with van der Waals surface area (Å²) < 4.78 is 34.1. The van der Waals surface area contributed by atoms with Gasteiger partial charge < -0.3 is 14.6 Å². The summed E-state index contributed by atoms with van der Waals surface area (Å²) in [4.78, 5) is 25.2. The zero-order valence-corrected chi connectivity index (χ0v) is 18.9. The Kier molecular flexibility index (Phi) is 5.84. The largest absolute Gasteiger partial charge is 0.469 e. The minimum Gasteiger partial charge on any atom is -0.469 e. The predicted molar refractivity (Wildman–Crippen MR) is 122 cm³/mol. The Bertz CT molecular complexity index is 1340. The number of methoxy groups -OCH3 is 1. The molecule has 0 aromatic carbocycles. The van der Waals surface area contributed by atoms with Gasteiger partial charge in [-0.25, -0.2) is 28.2 Å². The quantitative estimate of drug-likeness (QED) is 0.428. The summed E-state index contributed by atoms with van der Waals surface area (Å²) in [5.74, 6) is 0.825. The fraction of sp³-hybridized carbons (Fsp3) is 0.435. The Balaban J connectivity index is 1.37. The summed E-state index contributed by atoms with van der Waals surface area (Å²) >= 11 is 0. The monoisotopic (exact) mass is 469 g/mol. The van der Waals surface area contributed by atoms with E-state index in [2.05, 4.69) is 25.4 Å². The van der Waals surface area contributed by atoms with Crippen molar-refractivity contribution < 1.29 is 18.3 Å². The van der Waals surface area contributed by atoms with Gasteiger partial charge in [-0.15, -0.1) is 5.10 Å². The van der Waals surface area contributed by atoms with Gasteiger partial charge in [0.2, 0.25) is 5.95 Å². The molecule has 4 aromatic rings. The van der Waals surface area contributed by atoms with Crippen molar-refractivity contribution in [2.45, 2.75) is 51.6 Å². The number of rotatable bonds is 6. The smallest absolute Gasteiger partial charge is 0.308 e. The van der Waals surface area contributed by atoms with Crippen molar-refractivity contribution in [3.63, 3.8) is 0 Å². The molecule has 0 saturated heterocycles. The molecule has 0 amide bonds. The molecule has 1 saturated carbocycles. The van der Waals surface area contributed by atoms with E-state index in [0.29, 0.717) is 28.6 Å². The van der Waals surface area contributed by atoms with Gasteiger partial charge in [0.15, 0.2) is 5.65 Å². The number of nitrogens with one attached hydrogen (secondary N) is 1. The highest BCUT2D eigenvalue weighted by molar-refractivity contribution is 5.82. The van der Waals surface area contributed by atoms with Crippen LogP contribution in [0.25, 0.3) is 27.9 Å². The predicted octanol–water partition coefficient (Wildman–Crippen LogP) is 3.86. The lowest BCUT2D eigenvalue weighted by Crippen LogP contribution is -2.30. The summed E-state index contributed by atoms with van der Waals surface area (Å²) in [7, 11) is 1.42. The second-order valence-electron chi connectivity index (χ2n) is 8.56. The van der Waals surface area contributed by atoms with Gasteiger partial charge in [0.1, 0.15) is 11.3 Å². The maximum absolute atomic E-state index is 13.0. The maximum Gasteiger partial charge on any atom is 0.308 e. The average Bonchev–Trinajstić information content (AvgIpc) is 3.39. The van der Waals surface area contributed by atoms with Crippen LogP contribution in [0.4, 0.5) is 14.7 Å². The highest BCUT2D eigenvalue weighted by Gasteiger charge is 2.27. The maximum atomic E-state index is 13.0. The van der Waals surface area contributed by atoms with E-state index in [4.69, 9.17) is 4.74 Å². The van der Waals surface area contributed by atoms with Crippen molar-refractivity contribution in [3.8, 4) is 11.3 Å². The number of alkyl halides is 2. The molecular formula is C23H25F2N7O2. The summed E-state index contributed by atoms with van der Waals surface area (Å²) in [6.07, 6.45) is 4.28. The van der Waals surface area contributed by atoms with E-state index in [1.165, 1.54) is 11.7 Å². The molecule has 178 valence electrons. The van der Waals surface area contributed by atoms with Gasteiger partial charge >= 0.3 is 5.97 Å². The third-order valence-corrected chi connectivity index (χ3v) is 6.39. The summed E-state index contributed by atoms with van der Waals surface area (Å²) in [5, 5.41) is 7.93. The summed E-state index contributed by atoms with van der Waals surface area (Å²) in [6.45, 7) is 1.25. The SMILES string of the molecule is COC(=O)[C@H]1CC[C@@H](Nc2ncc3c(-c4ccc5nc(C)n(CC(F)F)c5n4)ccn3n2)CC1. The van der Waals surface area contributed by atoms with Crippen LogP contribution in [0.3, 0.4) is 0 Å². The topological polar surface area (TPSA) is 99.2 Å². The van der Waals surface area contributed by atoms with E-state index in [1.807, 2.05) is 18.3 Å². The van der Waals surface area contributed by atoms with Crippen LogP contribution in [-0.2, 0) is 16.1 Å². The Morgan fingerprint density at radius 2 is 2.00 bits per heavy atom. The fourth-order valence-corrected chi connectivity index (χ4v) is 4.63. The van der Waals surface area contributed by atoms with Crippen LogP contribution in [0.2, 0.25) is 0 Å². The van der Waals surface area contributed by atoms with Crippen LogP contribution in [-0.4, -0.2) is 54.7 Å². The van der Waals surface area contributed by atoms with Crippen LogP contribution < -0.4 is 5.32 Å². The Hall–Kier alpha value is -3.63. The molecule has 1 aliphatic carbocycles. The molecule has 1 fully saturated rings. The number of hydrogen-bond acceptors (Lipinski definition) is 7. The Morgan fingerprint density at radius 3 is 2.74 bits per heavy atom. The number of pyridine rings is 1. The van der Waals surface area contributed by atoms with Crippen molar-refractivity contribution in [3.05, 3.63) is 36.4 Å². The fourth-order valence-electron chi connectivity index (χ4n) is 4.63. The average molecular weight is 469 g/mol. The van der Waals surface area contributed by atoms with Gasteiger partial charge in [0, 0.05) is 17.8 Å². The first-order chi connectivity index (χ1) is 16.4. The number of esters is 1. The minimum absolute atomic E-state index is 0.0379. The molecule has 0 aliphatic heterocycles. The Morgan fingerprint density at radius 1 is 1.21 bits per heavy atom. The number of hydrogen-bond donors (Lipinski definition) is 1. The van der Waals surface area contributed by atoms with E-state index in [1.54, 1.807) is 23.7 Å². The highest BCUT2D eigenvalue weighted by atomic mass is 19.3. The van der Waals surface area contributed by atoms with Crippen LogP contribution in [0.15, 0.2) is 30.6 Å². The van der Waals surface area contributed by atoms with E-state index in [-0.39, 0.29) is 17.9 Å². The molecule has 5 rings (SSSR count). The molecule has 34 heavy (non-hydrogen) atoms. The normalized spacial score (nSPS) is 18.6. The van der Waals surface area contributed by atoms with Gasteiger partial charge in [-0.1, -0.05) is 0 Å². The van der Waals surface area contributed by atoms with Crippen molar-refractivity contribution in [1.29, 1.82) is 0 Å². The van der Waals surface area contributed by atoms with Gasteiger partial charge in [0.05, 0.1) is 37.0 Å². The first-order valence-corrected chi connectivity index (χ1v) is 11.2. The number of nitrogens with zero attached hydrogens (tertiary/aromatic N) is 6. The number of carbonyl (C=O) groups is 1. The number of anilines is 1. The zero-order valence-electron chi connectivity index (χ0n) is 18.9. The molecule has 9 nitrogen and oxygen atoms in total. The molecule has 4 heterocycles. The molecule has 1 aliphatic rings. The number of imidazole rings is 1. The molecule has 0 unspecified atom stereocenters. The highest BCUT2D eigenvalue weighted by Crippen LogP contribution is 2.28. The lowest BCUT2D eigenvalue weighted by atomic mass is 9.86.